The number of anilines is 2. The summed E-state index contributed by atoms with van der Waals surface area (Å²) in [6.07, 6.45) is 0. The lowest BCUT2D eigenvalue weighted by Crippen LogP contribution is -2.37. The molecule has 1 N–H and O–H groups in total. The van der Waals surface area contributed by atoms with Gasteiger partial charge in [0.2, 0.25) is 5.91 Å². The van der Waals surface area contributed by atoms with Crippen molar-refractivity contribution >= 4 is 17.5 Å². The molecule has 18 heavy (non-hydrogen) atoms. The molecular formula is C12H21N5O. The van der Waals surface area contributed by atoms with Crippen molar-refractivity contribution in [2.24, 2.45) is 0 Å². The Kier molecular flexibility index (Phi) is 4.88. The third kappa shape index (κ3) is 3.58. The summed E-state index contributed by atoms with van der Waals surface area (Å²) in [6.45, 7) is 4.88. The van der Waals surface area contributed by atoms with Gasteiger partial charge in [0, 0.05) is 33.8 Å². The Morgan fingerprint density at radius 3 is 2.56 bits per heavy atom. The number of carbonyl (C=O) groups is 1. The van der Waals surface area contributed by atoms with Gasteiger partial charge in [-0.2, -0.15) is 0 Å². The van der Waals surface area contributed by atoms with E-state index in [1.165, 1.54) is 0 Å². The zero-order chi connectivity index (χ0) is 13.7. The topological polar surface area (TPSA) is 61.4 Å². The number of nitrogens with zero attached hydrogens (tertiary/aromatic N) is 4. The van der Waals surface area contributed by atoms with Crippen LogP contribution in [0.4, 0.5) is 11.6 Å². The van der Waals surface area contributed by atoms with Crippen molar-refractivity contribution in [1.82, 2.24) is 14.9 Å². The Morgan fingerprint density at radius 1 is 1.39 bits per heavy atom. The van der Waals surface area contributed by atoms with Crippen LogP contribution in [0.15, 0.2) is 6.07 Å². The van der Waals surface area contributed by atoms with Crippen LogP contribution in [-0.2, 0) is 4.79 Å². The van der Waals surface area contributed by atoms with Crippen LogP contribution in [0, 0.1) is 6.92 Å². The fraction of sp³-hybridized carbons (Fsp3) is 0.583. The Labute approximate surface area is 108 Å². The van der Waals surface area contributed by atoms with Gasteiger partial charge in [-0.05, 0) is 13.8 Å². The second-order valence-electron chi connectivity index (χ2n) is 4.21. The fourth-order valence-corrected chi connectivity index (χ4v) is 1.50. The van der Waals surface area contributed by atoms with E-state index in [9.17, 15) is 4.79 Å². The molecule has 6 heteroatoms. The third-order valence-electron chi connectivity index (χ3n) is 2.61. The van der Waals surface area contributed by atoms with Crippen molar-refractivity contribution < 1.29 is 4.79 Å². The Balaban J connectivity index is 2.94. The molecule has 0 radical (unpaired) electrons. The minimum atomic E-state index is 0.0547. The number of aryl methyl sites for hydroxylation is 1. The molecule has 0 aromatic carbocycles. The third-order valence-corrected chi connectivity index (χ3v) is 2.61. The number of nitrogens with one attached hydrogen (secondary N) is 1. The number of likely N-dealkylation sites (N-methyl/N-ethyl adjacent to an activating group) is 2. The molecule has 0 fully saturated rings. The van der Waals surface area contributed by atoms with E-state index in [1.54, 1.807) is 19.0 Å². The zero-order valence-electron chi connectivity index (χ0n) is 11.7. The van der Waals surface area contributed by atoms with Gasteiger partial charge >= 0.3 is 0 Å². The molecule has 0 aliphatic heterocycles. The lowest BCUT2D eigenvalue weighted by molar-refractivity contribution is -0.127. The van der Waals surface area contributed by atoms with Crippen LogP contribution < -0.4 is 10.2 Å². The quantitative estimate of drug-likeness (QED) is 0.836. The average Bonchev–Trinajstić information content (AvgIpc) is 2.34. The first-order chi connectivity index (χ1) is 8.47. The highest BCUT2D eigenvalue weighted by atomic mass is 16.2. The Hall–Kier alpha value is -1.85. The molecule has 1 aromatic heterocycles. The molecule has 0 aliphatic rings. The molecule has 0 saturated carbocycles. The maximum absolute atomic E-state index is 11.8. The Morgan fingerprint density at radius 2 is 2.06 bits per heavy atom. The van der Waals surface area contributed by atoms with Crippen molar-refractivity contribution in [3.8, 4) is 0 Å². The van der Waals surface area contributed by atoms with Gasteiger partial charge in [-0.3, -0.25) is 4.79 Å². The summed E-state index contributed by atoms with van der Waals surface area (Å²) in [5.74, 6) is 2.27. The molecule has 1 aromatic rings. The van der Waals surface area contributed by atoms with Gasteiger partial charge in [0.1, 0.15) is 17.5 Å². The number of rotatable bonds is 5. The van der Waals surface area contributed by atoms with E-state index in [-0.39, 0.29) is 5.91 Å². The smallest absolute Gasteiger partial charge is 0.241 e. The minimum Gasteiger partial charge on any atom is -0.373 e. The highest BCUT2D eigenvalue weighted by molar-refractivity contribution is 5.80. The van der Waals surface area contributed by atoms with Crippen LogP contribution in [0.3, 0.4) is 0 Å². The normalized spacial score (nSPS) is 10.1. The van der Waals surface area contributed by atoms with Crippen LogP contribution in [-0.4, -0.2) is 55.0 Å². The summed E-state index contributed by atoms with van der Waals surface area (Å²) in [5.41, 5.74) is 0. The van der Waals surface area contributed by atoms with E-state index >= 15 is 0 Å². The van der Waals surface area contributed by atoms with Crippen LogP contribution in [0.2, 0.25) is 0 Å². The minimum absolute atomic E-state index is 0.0547. The standard InChI is InChI=1S/C12H21N5O/c1-6-17(8-12(18)16(4)5)11-7-10(13-3)14-9(2)15-11/h7H,6,8H2,1-5H3,(H,13,14,15). The predicted molar refractivity (Wildman–Crippen MR) is 72.9 cm³/mol. The van der Waals surface area contributed by atoms with Crippen molar-refractivity contribution in [2.75, 3.05) is 44.4 Å². The lowest BCUT2D eigenvalue weighted by Gasteiger charge is -2.23. The summed E-state index contributed by atoms with van der Waals surface area (Å²) < 4.78 is 0. The molecule has 0 spiro atoms. The van der Waals surface area contributed by atoms with E-state index in [4.69, 9.17) is 0 Å². The van der Waals surface area contributed by atoms with Gasteiger partial charge < -0.3 is 15.1 Å². The highest BCUT2D eigenvalue weighted by Gasteiger charge is 2.13. The second kappa shape index (κ2) is 6.18. The summed E-state index contributed by atoms with van der Waals surface area (Å²) in [7, 11) is 5.31. The monoisotopic (exact) mass is 251 g/mol. The van der Waals surface area contributed by atoms with E-state index in [1.807, 2.05) is 31.9 Å². The van der Waals surface area contributed by atoms with Gasteiger partial charge in [0.05, 0.1) is 6.54 Å². The molecule has 0 aliphatic carbocycles. The van der Waals surface area contributed by atoms with Crippen molar-refractivity contribution in [1.29, 1.82) is 0 Å². The van der Waals surface area contributed by atoms with Crippen LogP contribution in [0.25, 0.3) is 0 Å². The maximum atomic E-state index is 11.8. The first-order valence-electron chi connectivity index (χ1n) is 5.96. The lowest BCUT2D eigenvalue weighted by atomic mass is 10.4. The van der Waals surface area contributed by atoms with E-state index in [2.05, 4.69) is 15.3 Å². The van der Waals surface area contributed by atoms with Gasteiger partial charge in [0.25, 0.3) is 0 Å². The average molecular weight is 251 g/mol. The van der Waals surface area contributed by atoms with Crippen molar-refractivity contribution in [2.45, 2.75) is 13.8 Å². The van der Waals surface area contributed by atoms with Gasteiger partial charge in [0.15, 0.2) is 0 Å². The SMILES string of the molecule is CCN(CC(=O)N(C)C)c1cc(NC)nc(C)n1. The molecule has 1 heterocycles. The fourth-order valence-electron chi connectivity index (χ4n) is 1.50. The summed E-state index contributed by atoms with van der Waals surface area (Å²) in [4.78, 5) is 23.9. The largest absolute Gasteiger partial charge is 0.373 e. The molecule has 0 saturated heterocycles. The summed E-state index contributed by atoms with van der Waals surface area (Å²) >= 11 is 0. The van der Waals surface area contributed by atoms with Gasteiger partial charge in [-0.15, -0.1) is 0 Å². The summed E-state index contributed by atoms with van der Waals surface area (Å²) in [6, 6.07) is 1.85. The van der Waals surface area contributed by atoms with Crippen LogP contribution in [0.1, 0.15) is 12.7 Å². The van der Waals surface area contributed by atoms with E-state index < -0.39 is 0 Å². The second-order valence-corrected chi connectivity index (χ2v) is 4.21. The number of amides is 1. The predicted octanol–water partition coefficient (Wildman–Crippen LogP) is 0.741. The molecule has 1 rings (SSSR count). The van der Waals surface area contributed by atoms with Gasteiger partial charge in [-0.1, -0.05) is 0 Å². The van der Waals surface area contributed by atoms with E-state index in [0.717, 1.165) is 18.2 Å². The molecule has 0 unspecified atom stereocenters. The molecule has 0 atom stereocenters. The van der Waals surface area contributed by atoms with Crippen molar-refractivity contribution in [3.63, 3.8) is 0 Å². The number of hydrogen-bond donors (Lipinski definition) is 1. The first kappa shape index (κ1) is 14.2. The zero-order valence-corrected chi connectivity index (χ0v) is 11.7. The van der Waals surface area contributed by atoms with E-state index in [0.29, 0.717) is 12.4 Å². The molecule has 6 nitrogen and oxygen atoms in total. The van der Waals surface area contributed by atoms with Crippen LogP contribution >= 0.6 is 0 Å². The number of aromatic nitrogens is 2. The van der Waals surface area contributed by atoms with Crippen LogP contribution in [0.5, 0.6) is 0 Å². The van der Waals surface area contributed by atoms with Gasteiger partial charge in [-0.25, -0.2) is 9.97 Å². The molecule has 0 bridgehead atoms. The maximum Gasteiger partial charge on any atom is 0.241 e. The van der Waals surface area contributed by atoms with Crippen molar-refractivity contribution in [3.05, 3.63) is 11.9 Å². The summed E-state index contributed by atoms with van der Waals surface area (Å²) in [5, 5.41) is 2.99. The number of carbonyl (C=O) groups excluding carboxylic acids is 1. The molecule has 1 amide bonds. The highest BCUT2D eigenvalue weighted by Crippen LogP contribution is 2.15. The first-order valence-corrected chi connectivity index (χ1v) is 5.96. The Bertz CT molecular complexity index is 419. The number of hydrogen-bond acceptors (Lipinski definition) is 5. The molecule has 100 valence electrons. The molecular weight excluding hydrogens is 230 g/mol.